The van der Waals surface area contributed by atoms with Crippen molar-refractivity contribution in [2.24, 2.45) is 5.73 Å². The number of carbonyl (C=O) groups excluding carboxylic acids is 1. The zero-order valence-electron chi connectivity index (χ0n) is 11.2. The highest BCUT2D eigenvalue weighted by molar-refractivity contribution is 7.53. The number of nitrogens with two attached hydrogens (primary N) is 1. The topological polar surface area (TPSA) is 87.8 Å². The van der Waals surface area contributed by atoms with E-state index in [2.05, 4.69) is 4.74 Å². The molecule has 0 spiro atoms. The molecule has 7 heteroatoms. The fourth-order valence-corrected chi connectivity index (χ4v) is 2.58. The summed E-state index contributed by atoms with van der Waals surface area (Å²) in [6.45, 7) is 5.37. The Balaban J connectivity index is 2.77. The van der Waals surface area contributed by atoms with Crippen LogP contribution in [-0.4, -0.2) is 19.4 Å². The van der Waals surface area contributed by atoms with Gasteiger partial charge in [-0.25, -0.2) is 9.36 Å². The summed E-state index contributed by atoms with van der Waals surface area (Å²) in [6.07, 6.45) is -0.826. The van der Waals surface area contributed by atoms with Crippen molar-refractivity contribution < 1.29 is 23.1 Å². The van der Waals surface area contributed by atoms with Crippen LogP contribution in [0.15, 0.2) is 18.2 Å². The Kier molecular flexibility index (Phi) is 5.39. The number of rotatable bonds is 6. The molecule has 0 radical (unpaired) electrons. The highest BCUT2D eigenvalue weighted by Crippen LogP contribution is 2.45. The molecular formula is C12H18NO5P. The highest BCUT2D eigenvalue weighted by Gasteiger charge is 2.18. The SMILES string of the molecule is CCOP(C)(=O)Oc1ccc(COC(N)=O)cc1C. The van der Waals surface area contributed by atoms with Gasteiger partial charge in [0.25, 0.3) is 0 Å². The third-order valence-electron chi connectivity index (χ3n) is 2.25. The van der Waals surface area contributed by atoms with Crippen LogP contribution in [0.5, 0.6) is 5.75 Å². The molecule has 0 saturated heterocycles. The molecular weight excluding hydrogens is 269 g/mol. The van der Waals surface area contributed by atoms with Gasteiger partial charge in [-0.2, -0.15) is 0 Å². The lowest BCUT2D eigenvalue weighted by Crippen LogP contribution is -2.12. The van der Waals surface area contributed by atoms with Crippen molar-refractivity contribution in [1.29, 1.82) is 0 Å². The van der Waals surface area contributed by atoms with Crippen LogP contribution in [0.25, 0.3) is 0 Å². The molecule has 19 heavy (non-hydrogen) atoms. The van der Waals surface area contributed by atoms with Gasteiger partial charge in [0.05, 0.1) is 6.61 Å². The maximum Gasteiger partial charge on any atom is 0.404 e. The van der Waals surface area contributed by atoms with Gasteiger partial charge in [-0.1, -0.05) is 6.07 Å². The second kappa shape index (κ2) is 6.59. The molecule has 0 heterocycles. The molecule has 0 aliphatic carbocycles. The van der Waals surface area contributed by atoms with Gasteiger partial charge in [-0.05, 0) is 37.1 Å². The lowest BCUT2D eigenvalue weighted by molar-refractivity contribution is 0.150. The van der Waals surface area contributed by atoms with E-state index in [1.807, 2.05) is 0 Å². The lowest BCUT2D eigenvalue weighted by Gasteiger charge is -2.16. The minimum Gasteiger partial charge on any atom is -0.445 e. The Morgan fingerprint density at radius 1 is 1.42 bits per heavy atom. The van der Waals surface area contributed by atoms with Gasteiger partial charge >= 0.3 is 13.7 Å². The molecule has 0 fully saturated rings. The highest BCUT2D eigenvalue weighted by atomic mass is 31.2. The molecule has 2 N–H and O–H groups in total. The van der Waals surface area contributed by atoms with Gasteiger partial charge in [0.15, 0.2) is 0 Å². The summed E-state index contributed by atoms with van der Waals surface area (Å²) < 4.78 is 27.0. The smallest absolute Gasteiger partial charge is 0.404 e. The number of hydrogen-bond acceptors (Lipinski definition) is 5. The maximum absolute atomic E-state index is 11.9. The molecule has 1 unspecified atom stereocenters. The summed E-state index contributed by atoms with van der Waals surface area (Å²) in [5, 5.41) is 0. The van der Waals surface area contributed by atoms with Gasteiger partial charge < -0.3 is 19.5 Å². The van der Waals surface area contributed by atoms with Crippen LogP contribution in [-0.2, 0) is 20.4 Å². The minimum absolute atomic E-state index is 0.0890. The van der Waals surface area contributed by atoms with Crippen LogP contribution in [0.1, 0.15) is 18.1 Å². The van der Waals surface area contributed by atoms with Crippen molar-refractivity contribution in [1.82, 2.24) is 0 Å². The van der Waals surface area contributed by atoms with Crippen LogP contribution in [0.2, 0.25) is 0 Å². The number of benzene rings is 1. The first kappa shape index (κ1) is 15.5. The fourth-order valence-electron chi connectivity index (χ4n) is 1.50. The Hall–Kier alpha value is -1.52. The number of amides is 1. The van der Waals surface area contributed by atoms with E-state index in [9.17, 15) is 9.36 Å². The van der Waals surface area contributed by atoms with Gasteiger partial charge in [-0.3, -0.25) is 0 Å². The molecule has 1 atom stereocenters. The van der Waals surface area contributed by atoms with Crippen molar-refractivity contribution in [2.45, 2.75) is 20.5 Å². The van der Waals surface area contributed by atoms with E-state index in [-0.39, 0.29) is 6.61 Å². The molecule has 0 bridgehead atoms. The second-order valence-corrected chi connectivity index (χ2v) is 5.97. The number of primary amides is 1. The van der Waals surface area contributed by atoms with Crippen molar-refractivity contribution in [3.8, 4) is 5.75 Å². The summed E-state index contributed by atoms with van der Waals surface area (Å²) in [5.41, 5.74) is 6.43. The fraction of sp³-hybridized carbons (Fsp3) is 0.417. The predicted octanol–water partition coefficient (Wildman–Crippen LogP) is 2.83. The quantitative estimate of drug-likeness (QED) is 0.813. The van der Waals surface area contributed by atoms with E-state index in [0.29, 0.717) is 12.4 Å². The first-order valence-corrected chi connectivity index (χ1v) is 7.76. The maximum atomic E-state index is 11.9. The summed E-state index contributed by atoms with van der Waals surface area (Å²) in [5.74, 6) is 0.474. The number of hydrogen-bond donors (Lipinski definition) is 1. The monoisotopic (exact) mass is 287 g/mol. The van der Waals surface area contributed by atoms with Crippen LogP contribution in [0.3, 0.4) is 0 Å². The molecule has 0 aromatic heterocycles. The van der Waals surface area contributed by atoms with E-state index in [1.54, 1.807) is 32.0 Å². The van der Waals surface area contributed by atoms with E-state index >= 15 is 0 Å². The predicted molar refractivity (Wildman–Crippen MR) is 71.3 cm³/mol. The van der Waals surface area contributed by atoms with Gasteiger partial charge in [-0.15, -0.1) is 0 Å². The van der Waals surface area contributed by atoms with Crippen molar-refractivity contribution in [3.05, 3.63) is 29.3 Å². The zero-order chi connectivity index (χ0) is 14.5. The first-order chi connectivity index (χ1) is 8.84. The zero-order valence-corrected chi connectivity index (χ0v) is 12.1. The molecule has 1 aromatic rings. The molecule has 1 rings (SSSR count). The summed E-state index contributed by atoms with van der Waals surface area (Å²) >= 11 is 0. The van der Waals surface area contributed by atoms with Crippen LogP contribution in [0, 0.1) is 6.92 Å². The van der Waals surface area contributed by atoms with Gasteiger partial charge in [0.2, 0.25) is 0 Å². The third-order valence-corrected chi connectivity index (χ3v) is 3.50. The molecule has 1 aromatic carbocycles. The van der Waals surface area contributed by atoms with Crippen LogP contribution in [0.4, 0.5) is 4.79 Å². The summed E-state index contributed by atoms with van der Waals surface area (Å²) in [6, 6.07) is 5.13. The Labute approximate surface area is 112 Å². The molecule has 0 aliphatic rings. The molecule has 0 aliphatic heterocycles. The normalized spacial score (nSPS) is 13.6. The molecule has 0 saturated carbocycles. The summed E-state index contributed by atoms with van der Waals surface area (Å²) in [4.78, 5) is 10.5. The average Bonchev–Trinajstić information content (AvgIpc) is 2.29. The number of aryl methyl sites for hydroxylation is 1. The molecule has 6 nitrogen and oxygen atoms in total. The van der Waals surface area contributed by atoms with E-state index in [4.69, 9.17) is 14.8 Å². The van der Waals surface area contributed by atoms with Crippen molar-refractivity contribution in [2.75, 3.05) is 13.3 Å². The van der Waals surface area contributed by atoms with E-state index in [1.165, 1.54) is 6.66 Å². The number of carbonyl (C=O) groups is 1. The van der Waals surface area contributed by atoms with Gasteiger partial charge in [0, 0.05) is 6.66 Å². The summed E-state index contributed by atoms with van der Waals surface area (Å²) in [7, 11) is -3.09. The lowest BCUT2D eigenvalue weighted by atomic mass is 10.1. The Morgan fingerprint density at radius 2 is 2.11 bits per heavy atom. The second-order valence-electron chi connectivity index (χ2n) is 3.99. The Morgan fingerprint density at radius 3 is 2.63 bits per heavy atom. The first-order valence-electron chi connectivity index (χ1n) is 5.77. The van der Waals surface area contributed by atoms with E-state index in [0.717, 1.165) is 11.1 Å². The van der Waals surface area contributed by atoms with Crippen molar-refractivity contribution in [3.63, 3.8) is 0 Å². The van der Waals surface area contributed by atoms with E-state index < -0.39 is 13.7 Å². The largest absolute Gasteiger partial charge is 0.445 e. The van der Waals surface area contributed by atoms with Crippen molar-refractivity contribution >= 4 is 13.7 Å². The van der Waals surface area contributed by atoms with Gasteiger partial charge in [0.1, 0.15) is 12.4 Å². The molecule has 1 amide bonds. The van der Waals surface area contributed by atoms with Crippen LogP contribution >= 0.6 is 7.60 Å². The standard InChI is InChI=1S/C12H18NO5P/c1-4-17-19(3,15)18-11-6-5-10(7-9(11)2)8-16-12(13)14/h5-7H,4,8H2,1-3H3,(H2,13,14). The minimum atomic E-state index is -3.09. The average molecular weight is 287 g/mol. The third kappa shape index (κ3) is 5.32. The number of ether oxygens (including phenoxy) is 1. The Bertz CT molecular complexity index is 503. The van der Waals surface area contributed by atoms with Crippen LogP contribution < -0.4 is 10.3 Å². The molecule has 106 valence electrons.